The standard InChI is InChI=1S/C14H17ClN4S/c15-13-5-4-12(20-13)10-19-8-1-3-11(9-19)18-14-16-6-2-7-17-14/h2,4-7,11H,1,3,8-10H2,(H,16,17,18). The van der Waals surface area contributed by atoms with Crippen molar-refractivity contribution in [3.8, 4) is 0 Å². The van der Waals surface area contributed by atoms with Crippen LogP contribution in [0.3, 0.4) is 0 Å². The number of aromatic nitrogens is 2. The van der Waals surface area contributed by atoms with Crippen molar-refractivity contribution >= 4 is 28.9 Å². The lowest BCUT2D eigenvalue weighted by Crippen LogP contribution is -2.41. The van der Waals surface area contributed by atoms with Crippen LogP contribution in [0.1, 0.15) is 17.7 Å². The normalized spacial score (nSPS) is 19.9. The molecule has 20 heavy (non-hydrogen) atoms. The summed E-state index contributed by atoms with van der Waals surface area (Å²) < 4.78 is 0.865. The Morgan fingerprint density at radius 1 is 1.35 bits per heavy atom. The Kier molecular flexibility index (Phi) is 4.50. The van der Waals surface area contributed by atoms with Gasteiger partial charge in [0.15, 0.2) is 0 Å². The third-order valence-electron chi connectivity index (χ3n) is 3.41. The fourth-order valence-electron chi connectivity index (χ4n) is 2.53. The van der Waals surface area contributed by atoms with Gasteiger partial charge in [0.05, 0.1) is 4.34 Å². The number of anilines is 1. The van der Waals surface area contributed by atoms with Crippen LogP contribution < -0.4 is 5.32 Å². The summed E-state index contributed by atoms with van der Waals surface area (Å²) in [5.41, 5.74) is 0. The van der Waals surface area contributed by atoms with Gasteiger partial charge in [0.25, 0.3) is 0 Å². The highest BCUT2D eigenvalue weighted by Gasteiger charge is 2.20. The minimum Gasteiger partial charge on any atom is -0.350 e. The molecule has 1 saturated heterocycles. The summed E-state index contributed by atoms with van der Waals surface area (Å²) in [5.74, 6) is 0.721. The van der Waals surface area contributed by atoms with Gasteiger partial charge in [-0.1, -0.05) is 11.6 Å². The Balaban J connectivity index is 1.56. The predicted molar refractivity (Wildman–Crippen MR) is 83.3 cm³/mol. The number of hydrogen-bond donors (Lipinski definition) is 1. The summed E-state index contributed by atoms with van der Waals surface area (Å²) in [4.78, 5) is 12.2. The lowest BCUT2D eigenvalue weighted by Gasteiger charge is -2.32. The van der Waals surface area contributed by atoms with Crippen molar-refractivity contribution < 1.29 is 0 Å². The first-order valence-electron chi connectivity index (χ1n) is 6.80. The molecular weight excluding hydrogens is 292 g/mol. The van der Waals surface area contributed by atoms with E-state index in [1.165, 1.54) is 17.7 Å². The number of rotatable bonds is 4. The molecule has 106 valence electrons. The van der Waals surface area contributed by atoms with Gasteiger partial charge in [-0.15, -0.1) is 11.3 Å². The van der Waals surface area contributed by atoms with Gasteiger partial charge in [0.1, 0.15) is 0 Å². The molecule has 2 aromatic heterocycles. The molecule has 0 saturated carbocycles. The average Bonchev–Trinajstić information content (AvgIpc) is 2.86. The molecule has 0 radical (unpaired) electrons. The predicted octanol–water partition coefficient (Wildman–Crippen LogP) is 3.27. The molecule has 3 heterocycles. The van der Waals surface area contributed by atoms with E-state index in [-0.39, 0.29) is 0 Å². The highest BCUT2D eigenvalue weighted by molar-refractivity contribution is 7.16. The first-order chi connectivity index (χ1) is 9.79. The zero-order chi connectivity index (χ0) is 13.8. The fourth-order valence-corrected chi connectivity index (χ4v) is 3.66. The van der Waals surface area contributed by atoms with Crippen molar-refractivity contribution in [1.82, 2.24) is 14.9 Å². The maximum atomic E-state index is 5.99. The van der Waals surface area contributed by atoms with Crippen LogP contribution in [0.5, 0.6) is 0 Å². The Hall–Kier alpha value is -1.17. The number of thiophene rings is 1. The average molecular weight is 309 g/mol. The molecule has 0 aromatic carbocycles. The van der Waals surface area contributed by atoms with Crippen LogP contribution in [0, 0.1) is 0 Å². The Bertz CT molecular complexity index is 545. The van der Waals surface area contributed by atoms with E-state index < -0.39 is 0 Å². The molecule has 1 aliphatic rings. The van der Waals surface area contributed by atoms with E-state index in [9.17, 15) is 0 Å². The van der Waals surface area contributed by atoms with Crippen molar-refractivity contribution in [2.75, 3.05) is 18.4 Å². The third-order valence-corrected chi connectivity index (χ3v) is 4.63. The molecule has 1 unspecified atom stereocenters. The van der Waals surface area contributed by atoms with Crippen LogP contribution in [-0.4, -0.2) is 34.0 Å². The molecule has 0 bridgehead atoms. The molecule has 0 aliphatic carbocycles. The number of likely N-dealkylation sites (tertiary alicyclic amines) is 1. The van der Waals surface area contributed by atoms with Crippen molar-refractivity contribution in [2.24, 2.45) is 0 Å². The summed E-state index contributed by atoms with van der Waals surface area (Å²) in [6.07, 6.45) is 5.90. The molecular formula is C14H17ClN4S. The van der Waals surface area contributed by atoms with E-state index >= 15 is 0 Å². The van der Waals surface area contributed by atoms with E-state index in [1.54, 1.807) is 23.7 Å². The molecule has 0 amide bonds. The number of halogens is 1. The number of piperidine rings is 1. The van der Waals surface area contributed by atoms with Gasteiger partial charge in [-0.2, -0.15) is 0 Å². The van der Waals surface area contributed by atoms with E-state index in [1.807, 2.05) is 12.1 Å². The maximum absolute atomic E-state index is 5.99. The van der Waals surface area contributed by atoms with Gasteiger partial charge < -0.3 is 5.32 Å². The van der Waals surface area contributed by atoms with Gasteiger partial charge in [-0.25, -0.2) is 9.97 Å². The molecule has 3 rings (SSSR count). The Morgan fingerprint density at radius 3 is 2.95 bits per heavy atom. The number of nitrogens with one attached hydrogen (secondary N) is 1. The fraction of sp³-hybridized carbons (Fsp3) is 0.429. The van der Waals surface area contributed by atoms with Gasteiger partial charge in [0, 0.05) is 36.4 Å². The van der Waals surface area contributed by atoms with Gasteiger partial charge in [-0.3, -0.25) is 4.90 Å². The van der Waals surface area contributed by atoms with E-state index in [0.29, 0.717) is 6.04 Å². The first kappa shape index (κ1) is 13.8. The quantitative estimate of drug-likeness (QED) is 0.941. The monoisotopic (exact) mass is 308 g/mol. The molecule has 1 atom stereocenters. The number of nitrogens with zero attached hydrogens (tertiary/aromatic N) is 3. The van der Waals surface area contributed by atoms with Crippen molar-refractivity contribution in [3.63, 3.8) is 0 Å². The molecule has 1 fully saturated rings. The van der Waals surface area contributed by atoms with Crippen LogP contribution in [0.25, 0.3) is 0 Å². The maximum Gasteiger partial charge on any atom is 0.222 e. The smallest absolute Gasteiger partial charge is 0.222 e. The van der Waals surface area contributed by atoms with Crippen molar-refractivity contribution in [3.05, 3.63) is 39.8 Å². The van der Waals surface area contributed by atoms with E-state index in [2.05, 4.69) is 26.3 Å². The summed E-state index contributed by atoms with van der Waals surface area (Å²) >= 11 is 7.65. The Labute approximate surface area is 127 Å². The van der Waals surface area contributed by atoms with Gasteiger partial charge >= 0.3 is 0 Å². The minimum absolute atomic E-state index is 0.418. The minimum atomic E-state index is 0.418. The zero-order valence-electron chi connectivity index (χ0n) is 11.1. The zero-order valence-corrected chi connectivity index (χ0v) is 12.7. The Morgan fingerprint density at radius 2 is 2.20 bits per heavy atom. The second-order valence-electron chi connectivity index (χ2n) is 5.00. The second kappa shape index (κ2) is 6.52. The summed E-state index contributed by atoms with van der Waals surface area (Å²) in [5, 5.41) is 3.42. The lowest BCUT2D eigenvalue weighted by molar-refractivity contribution is 0.210. The van der Waals surface area contributed by atoms with Crippen molar-refractivity contribution in [2.45, 2.75) is 25.4 Å². The largest absolute Gasteiger partial charge is 0.350 e. The molecule has 1 N–H and O–H groups in total. The van der Waals surface area contributed by atoms with Crippen LogP contribution in [0.2, 0.25) is 4.34 Å². The highest BCUT2D eigenvalue weighted by atomic mass is 35.5. The van der Waals surface area contributed by atoms with Crippen LogP contribution in [-0.2, 0) is 6.54 Å². The van der Waals surface area contributed by atoms with Crippen LogP contribution in [0.4, 0.5) is 5.95 Å². The van der Waals surface area contributed by atoms with E-state index in [0.717, 1.165) is 29.9 Å². The van der Waals surface area contributed by atoms with Crippen molar-refractivity contribution in [1.29, 1.82) is 0 Å². The second-order valence-corrected chi connectivity index (χ2v) is 6.80. The molecule has 0 spiro atoms. The highest BCUT2D eigenvalue weighted by Crippen LogP contribution is 2.24. The van der Waals surface area contributed by atoms with Gasteiger partial charge in [0.2, 0.25) is 5.95 Å². The topological polar surface area (TPSA) is 41.0 Å². The molecule has 4 nitrogen and oxygen atoms in total. The molecule has 2 aromatic rings. The summed E-state index contributed by atoms with van der Waals surface area (Å²) in [6, 6.07) is 6.34. The lowest BCUT2D eigenvalue weighted by atomic mass is 10.1. The third kappa shape index (κ3) is 3.69. The molecule has 6 heteroatoms. The first-order valence-corrected chi connectivity index (χ1v) is 7.99. The molecule has 1 aliphatic heterocycles. The summed E-state index contributed by atoms with van der Waals surface area (Å²) in [6.45, 7) is 3.14. The van der Waals surface area contributed by atoms with E-state index in [4.69, 9.17) is 11.6 Å². The van der Waals surface area contributed by atoms with Crippen LogP contribution >= 0.6 is 22.9 Å². The van der Waals surface area contributed by atoms with Gasteiger partial charge in [-0.05, 0) is 37.6 Å². The SMILES string of the molecule is Clc1ccc(CN2CCCC(Nc3ncccn3)C2)s1. The van der Waals surface area contributed by atoms with Crippen LogP contribution in [0.15, 0.2) is 30.6 Å². The summed E-state index contributed by atoms with van der Waals surface area (Å²) in [7, 11) is 0. The number of hydrogen-bond acceptors (Lipinski definition) is 5.